The lowest BCUT2D eigenvalue weighted by Gasteiger charge is -2.42. The van der Waals surface area contributed by atoms with E-state index >= 15 is 0 Å². The molecule has 0 aromatic rings. The molecule has 0 aromatic heterocycles. The molecule has 1 aliphatic rings. The number of aliphatic hydroxyl groups is 1. The van der Waals surface area contributed by atoms with Gasteiger partial charge in [0.25, 0.3) is 0 Å². The molecule has 0 amide bonds. The zero-order chi connectivity index (χ0) is 11.5. The van der Waals surface area contributed by atoms with Gasteiger partial charge in [0.05, 0.1) is 11.7 Å². The first kappa shape index (κ1) is 13.0. The average molecular weight is 214 g/mol. The Hall–Kier alpha value is -0.0800. The number of rotatable bonds is 2. The summed E-state index contributed by atoms with van der Waals surface area (Å²) in [5.41, 5.74) is -0.394. The van der Waals surface area contributed by atoms with Crippen LogP contribution in [0.4, 0.5) is 0 Å². The molecule has 0 aromatic carbocycles. The average Bonchev–Trinajstić information content (AvgIpc) is 2.41. The van der Waals surface area contributed by atoms with Crippen molar-refractivity contribution >= 4 is 0 Å². The summed E-state index contributed by atoms with van der Waals surface area (Å²) in [6.45, 7) is 6.26. The molecule has 0 heterocycles. The number of ether oxygens (including phenoxy) is 1. The van der Waals surface area contributed by atoms with Gasteiger partial charge >= 0.3 is 0 Å². The summed E-state index contributed by atoms with van der Waals surface area (Å²) in [6, 6.07) is 0. The topological polar surface area (TPSA) is 29.5 Å². The summed E-state index contributed by atoms with van der Waals surface area (Å²) in [5.74, 6) is 0. The molecule has 1 saturated carbocycles. The molecule has 0 radical (unpaired) electrons. The standard InChI is InChI=1S/C13H26O2/c1-12(2,3)11(14)13(15-4)9-7-5-6-8-10-13/h11,14H,5-10H2,1-4H3. The van der Waals surface area contributed by atoms with Crippen molar-refractivity contribution in [1.82, 2.24) is 0 Å². The van der Waals surface area contributed by atoms with Crippen molar-refractivity contribution in [2.24, 2.45) is 5.41 Å². The van der Waals surface area contributed by atoms with Gasteiger partial charge in [0, 0.05) is 7.11 Å². The Bertz CT molecular complexity index is 185. The van der Waals surface area contributed by atoms with Crippen LogP contribution in [0.1, 0.15) is 59.3 Å². The molecule has 0 bridgehead atoms. The van der Waals surface area contributed by atoms with E-state index in [0.29, 0.717) is 0 Å². The third-order valence-corrected chi connectivity index (χ3v) is 3.68. The molecule has 0 spiro atoms. The molecule has 0 aliphatic heterocycles. The molecule has 1 rings (SSSR count). The Kier molecular flexibility index (Phi) is 4.19. The highest BCUT2D eigenvalue weighted by atomic mass is 16.5. The molecule has 1 fully saturated rings. The minimum Gasteiger partial charge on any atom is -0.390 e. The van der Waals surface area contributed by atoms with Gasteiger partial charge in [-0.15, -0.1) is 0 Å². The Balaban J connectivity index is 2.81. The molecule has 2 heteroatoms. The molecule has 1 unspecified atom stereocenters. The van der Waals surface area contributed by atoms with Crippen molar-refractivity contribution in [2.75, 3.05) is 7.11 Å². The summed E-state index contributed by atoms with van der Waals surface area (Å²) in [5, 5.41) is 10.5. The summed E-state index contributed by atoms with van der Waals surface area (Å²) in [4.78, 5) is 0. The van der Waals surface area contributed by atoms with Crippen molar-refractivity contribution < 1.29 is 9.84 Å². The fourth-order valence-electron chi connectivity index (χ4n) is 2.71. The molecule has 0 saturated heterocycles. The highest BCUT2D eigenvalue weighted by Crippen LogP contribution is 2.39. The summed E-state index contributed by atoms with van der Waals surface area (Å²) >= 11 is 0. The van der Waals surface area contributed by atoms with Crippen molar-refractivity contribution in [3.8, 4) is 0 Å². The van der Waals surface area contributed by atoms with Gasteiger partial charge in [-0.1, -0.05) is 46.5 Å². The quantitative estimate of drug-likeness (QED) is 0.716. The molecule has 90 valence electrons. The van der Waals surface area contributed by atoms with E-state index in [1.807, 2.05) is 0 Å². The van der Waals surface area contributed by atoms with Crippen LogP contribution in [0.25, 0.3) is 0 Å². The monoisotopic (exact) mass is 214 g/mol. The van der Waals surface area contributed by atoms with E-state index < -0.39 is 0 Å². The van der Waals surface area contributed by atoms with Gasteiger partial charge in [-0.2, -0.15) is 0 Å². The Morgan fingerprint density at radius 1 is 1.07 bits per heavy atom. The van der Waals surface area contributed by atoms with Gasteiger partial charge in [0.15, 0.2) is 0 Å². The molecule has 15 heavy (non-hydrogen) atoms. The van der Waals surface area contributed by atoms with Crippen LogP contribution in [0.3, 0.4) is 0 Å². The van der Waals surface area contributed by atoms with E-state index in [4.69, 9.17) is 4.74 Å². The van der Waals surface area contributed by atoms with E-state index in [2.05, 4.69) is 20.8 Å². The van der Waals surface area contributed by atoms with Gasteiger partial charge < -0.3 is 9.84 Å². The van der Waals surface area contributed by atoms with E-state index in [0.717, 1.165) is 12.8 Å². The van der Waals surface area contributed by atoms with Crippen molar-refractivity contribution in [2.45, 2.75) is 71.0 Å². The van der Waals surface area contributed by atoms with Gasteiger partial charge in [0.2, 0.25) is 0 Å². The summed E-state index contributed by atoms with van der Waals surface area (Å²) < 4.78 is 5.70. The Morgan fingerprint density at radius 3 is 1.87 bits per heavy atom. The van der Waals surface area contributed by atoms with Crippen molar-refractivity contribution in [3.05, 3.63) is 0 Å². The molecular weight excluding hydrogens is 188 g/mol. The van der Waals surface area contributed by atoms with Crippen LogP contribution in [0.15, 0.2) is 0 Å². The van der Waals surface area contributed by atoms with Crippen LogP contribution >= 0.6 is 0 Å². The molecule has 1 atom stereocenters. The van der Waals surface area contributed by atoms with Crippen LogP contribution in [0, 0.1) is 5.41 Å². The smallest absolute Gasteiger partial charge is 0.0941 e. The maximum atomic E-state index is 10.5. The largest absolute Gasteiger partial charge is 0.390 e. The Morgan fingerprint density at radius 2 is 1.53 bits per heavy atom. The van der Waals surface area contributed by atoms with E-state index in [9.17, 15) is 5.11 Å². The van der Waals surface area contributed by atoms with Gasteiger partial charge in [-0.25, -0.2) is 0 Å². The summed E-state index contributed by atoms with van der Waals surface area (Å²) in [7, 11) is 1.75. The van der Waals surface area contributed by atoms with Crippen molar-refractivity contribution in [1.29, 1.82) is 0 Å². The summed E-state index contributed by atoms with van der Waals surface area (Å²) in [6.07, 6.45) is 6.56. The second kappa shape index (κ2) is 4.84. The zero-order valence-corrected chi connectivity index (χ0v) is 10.7. The molecule has 1 aliphatic carbocycles. The van der Waals surface area contributed by atoms with Crippen LogP contribution < -0.4 is 0 Å². The minimum absolute atomic E-state index is 0.0969. The number of methoxy groups -OCH3 is 1. The zero-order valence-electron chi connectivity index (χ0n) is 10.7. The predicted octanol–water partition coefficient (Wildman–Crippen LogP) is 3.13. The van der Waals surface area contributed by atoms with E-state index in [1.165, 1.54) is 25.7 Å². The Labute approximate surface area is 94.0 Å². The fraction of sp³-hybridized carbons (Fsp3) is 1.00. The molecular formula is C13H26O2. The first-order valence-electron chi connectivity index (χ1n) is 6.16. The normalized spacial score (nSPS) is 24.6. The van der Waals surface area contributed by atoms with Crippen LogP contribution in [-0.2, 0) is 4.74 Å². The van der Waals surface area contributed by atoms with Gasteiger partial charge in [-0.3, -0.25) is 0 Å². The van der Waals surface area contributed by atoms with E-state index in [-0.39, 0.29) is 17.1 Å². The predicted molar refractivity (Wildman–Crippen MR) is 62.9 cm³/mol. The first-order chi connectivity index (χ1) is 6.92. The maximum Gasteiger partial charge on any atom is 0.0941 e. The lowest BCUT2D eigenvalue weighted by atomic mass is 9.75. The van der Waals surface area contributed by atoms with Crippen LogP contribution in [-0.4, -0.2) is 23.9 Å². The minimum atomic E-state index is -0.368. The van der Waals surface area contributed by atoms with E-state index in [1.54, 1.807) is 7.11 Å². The highest BCUT2D eigenvalue weighted by molar-refractivity contribution is 4.95. The third-order valence-electron chi connectivity index (χ3n) is 3.68. The lowest BCUT2D eigenvalue weighted by molar-refractivity contribution is -0.148. The number of hydrogen-bond donors (Lipinski definition) is 1. The second-order valence-electron chi connectivity index (χ2n) is 5.95. The second-order valence-corrected chi connectivity index (χ2v) is 5.95. The van der Waals surface area contributed by atoms with Gasteiger partial charge in [0.1, 0.15) is 0 Å². The lowest BCUT2D eigenvalue weighted by Crippen LogP contribution is -2.50. The number of aliphatic hydroxyl groups excluding tert-OH is 1. The SMILES string of the molecule is COC1(C(O)C(C)(C)C)CCCCCC1. The fourth-order valence-corrected chi connectivity index (χ4v) is 2.71. The molecule has 1 N–H and O–H groups in total. The van der Waals surface area contributed by atoms with Crippen LogP contribution in [0.2, 0.25) is 0 Å². The first-order valence-corrected chi connectivity index (χ1v) is 6.16. The maximum absolute atomic E-state index is 10.5. The highest BCUT2D eigenvalue weighted by Gasteiger charge is 2.43. The molecule has 2 nitrogen and oxygen atoms in total. The third kappa shape index (κ3) is 2.94. The van der Waals surface area contributed by atoms with Crippen molar-refractivity contribution in [3.63, 3.8) is 0 Å². The van der Waals surface area contributed by atoms with Gasteiger partial charge in [-0.05, 0) is 18.3 Å². The van der Waals surface area contributed by atoms with Crippen LogP contribution in [0.5, 0.6) is 0 Å². The number of hydrogen-bond acceptors (Lipinski definition) is 2.